The van der Waals surface area contributed by atoms with Gasteiger partial charge < -0.3 is 14.6 Å². The monoisotopic (exact) mass is 976 g/mol. The van der Waals surface area contributed by atoms with Crippen LogP contribution in [0, 0.1) is 0 Å². The van der Waals surface area contributed by atoms with Crippen molar-refractivity contribution < 1.29 is 4.42 Å². The first-order chi connectivity index (χ1) is 34.4. The normalized spacial score (nSPS) is 17.5. The van der Waals surface area contributed by atoms with Crippen molar-refractivity contribution in [3.8, 4) is 22.3 Å². The third-order valence-corrected chi connectivity index (χ3v) is 18.7. The molecule has 9 aromatic rings. The van der Waals surface area contributed by atoms with Crippen LogP contribution >= 0.6 is 11.3 Å². The van der Waals surface area contributed by atoms with Crippen LogP contribution < -0.4 is 20.5 Å². The Hall–Kier alpha value is -6.04. The second-order valence-electron chi connectivity index (χ2n) is 26.6. The van der Waals surface area contributed by atoms with E-state index in [9.17, 15) is 0 Å². The van der Waals surface area contributed by atoms with Gasteiger partial charge in [-0.1, -0.05) is 164 Å². The number of furan rings is 1. The number of hydrogen-bond acceptors (Lipinski definition) is 4. The van der Waals surface area contributed by atoms with Gasteiger partial charge in [0.2, 0.25) is 7.28 Å². The predicted octanol–water partition coefficient (Wildman–Crippen LogP) is 18.6. The molecule has 3 aliphatic rings. The van der Waals surface area contributed by atoms with Crippen LogP contribution in [0.15, 0.2) is 132 Å². The van der Waals surface area contributed by atoms with Crippen molar-refractivity contribution in [2.24, 2.45) is 0 Å². The maximum atomic E-state index is 7.24. The molecule has 1 aliphatic heterocycles. The summed E-state index contributed by atoms with van der Waals surface area (Å²) in [5, 5.41) is 7.64. The quantitative estimate of drug-likeness (QED) is 0.174. The van der Waals surface area contributed by atoms with Gasteiger partial charge in [-0.25, -0.2) is 0 Å². The van der Waals surface area contributed by atoms with E-state index < -0.39 is 0 Å². The number of benzene rings is 7. The molecule has 3 nitrogen and oxygen atoms in total. The van der Waals surface area contributed by atoms with Crippen molar-refractivity contribution in [1.82, 2.24) is 0 Å². The summed E-state index contributed by atoms with van der Waals surface area (Å²) in [6, 6.07) is 48.9. The molecular formula is C68H72BN2OS. The molecular weight excluding hydrogens is 904 g/mol. The fourth-order valence-electron chi connectivity index (χ4n) is 12.6. The van der Waals surface area contributed by atoms with Crippen LogP contribution in [0.5, 0.6) is 0 Å². The third kappa shape index (κ3) is 7.80. The molecule has 3 heterocycles. The Morgan fingerprint density at radius 1 is 0.534 bits per heavy atom. The summed E-state index contributed by atoms with van der Waals surface area (Å²) < 4.78 is 9.84. The molecule has 0 atom stereocenters. The Labute approximate surface area is 439 Å². The Morgan fingerprint density at radius 2 is 1.12 bits per heavy atom. The number of nitrogens with zero attached hydrogens (tertiary/aromatic N) is 1. The van der Waals surface area contributed by atoms with Crippen LogP contribution in [-0.2, 0) is 32.5 Å². The average Bonchev–Trinajstić information content (AvgIpc) is 3.90. The predicted molar refractivity (Wildman–Crippen MR) is 317 cm³/mol. The smallest absolute Gasteiger partial charge is 0.212 e. The molecule has 1 radical (unpaired) electrons. The van der Waals surface area contributed by atoms with Gasteiger partial charge in [-0.15, -0.1) is 11.3 Å². The van der Waals surface area contributed by atoms with E-state index in [0.29, 0.717) is 0 Å². The number of anilines is 5. The molecule has 0 amide bonds. The Balaban J connectivity index is 1.19. The third-order valence-electron chi connectivity index (χ3n) is 17.6. The molecule has 5 heteroatoms. The van der Waals surface area contributed by atoms with Gasteiger partial charge in [-0.3, -0.25) is 0 Å². The summed E-state index contributed by atoms with van der Waals surface area (Å²) in [4.78, 5) is 2.66. The molecule has 2 aromatic heterocycles. The van der Waals surface area contributed by atoms with Crippen LogP contribution in [-0.4, -0.2) is 7.28 Å². The minimum atomic E-state index is -0.106. The number of thiophene rings is 1. The zero-order chi connectivity index (χ0) is 51.4. The number of para-hydroxylation sites is 1. The summed E-state index contributed by atoms with van der Waals surface area (Å²) in [7, 11) is 2.52. The summed E-state index contributed by atoms with van der Waals surface area (Å²) in [5.74, 6) is 0. The van der Waals surface area contributed by atoms with E-state index in [-0.39, 0.29) is 32.5 Å². The van der Waals surface area contributed by atoms with Gasteiger partial charge in [-0.2, -0.15) is 0 Å². The molecule has 1 N–H and O–H groups in total. The van der Waals surface area contributed by atoms with Gasteiger partial charge in [0.05, 0.1) is 11.4 Å². The van der Waals surface area contributed by atoms with Crippen LogP contribution in [0.1, 0.15) is 156 Å². The number of fused-ring (bicyclic) bond motifs is 9. The SMILES string of the molecule is CC(C)(C)c1ccc(Nc2ccc3c(c2)C(C)(C)CCC3(C)C)c(-c2c3c(cc4c2oc2ccccc24)N(c2ccc(C(C)(C)C)cc2-c2ccccc2)c2c(sc4cc5c(cc24)C(C)(C)CCC5(C)C)[B]3)c1. The van der Waals surface area contributed by atoms with Crippen molar-refractivity contribution in [1.29, 1.82) is 0 Å². The second-order valence-corrected chi connectivity index (χ2v) is 27.7. The molecule has 0 spiro atoms. The molecule has 7 aromatic carbocycles. The fourth-order valence-corrected chi connectivity index (χ4v) is 13.8. The first-order valence-corrected chi connectivity index (χ1v) is 27.7. The lowest BCUT2D eigenvalue weighted by molar-refractivity contribution is 0.332. The first kappa shape index (κ1) is 47.9. The lowest BCUT2D eigenvalue weighted by Gasteiger charge is -2.42. The lowest BCUT2D eigenvalue weighted by atomic mass is 9.61. The molecule has 12 rings (SSSR count). The van der Waals surface area contributed by atoms with Crippen molar-refractivity contribution >= 4 is 89.3 Å². The molecule has 0 unspecified atom stereocenters. The van der Waals surface area contributed by atoms with E-state index >= 15 is 0 Å². The van der Waals surface area contributed by atoms with Crippen molar-refractivity contribution in [2.45, 2.75) is 155 Å². The van der Waals surface area contributed by atoms with E-state index in [2.05, 4.69) is 242 Å². The van der Waals surface area contributed by atoms with Gasteiger partial charge in [0.25, 0.3) is 0 Å². The Kier molecular flexibility index (Phi) is 10.7. The zero-order valence-corrected chi connectivity index (χ0v) is 46.6. The van der Waals surface area contributed by atoms with E-state index in [0.717, 1.165) is 68.4 Å². The Bertz CT molecular complexity index is 3720. The van der Waals surface area contributed by atoms with Crippen molar-refractivity contribution in [3.05, 3.63) is 161 Å². The van der Waals surface area contributed by atoms with Crippen LogP contribution in [0.3, 0.4) is 0 Å². The topological polar surface area (TPSA) is 28.4 Å². The molecule has 0 saturated carbocycles. The molecule has 0 fully saturated rings. The molecule has 0 bridgehead atoms. The van der Waals surface area contributed by atoms with Gasteiger partial charge in [-0.05, 0) is 168 Å². The van der Waals surface area contributed by atoms with Gasteiger partial charge in [0.15, 0.2) is 0 Å². The highest BCUT2D eigenvalue weighted by Crippen LogP contribution is 2.54. The molecule has 369 valence electrons. The van der Waals surface area contributed by atoms with Crippen LogP contribution in [0.25, 0.3) is 54.3 Å². The zero-order valence-electron chi connectivity index (χ0n) is 45.8. The highest BCUT2D eigenvalue weighted by Gasteiger charge is 2.41. The summed E-state index contributed by atoms with van der Waals surface area (Å²) >= 11 is 1.94. The molecule has 73 heavy (non-hydrogen) atoms. The summed E-state index contributed by atoms with van der Waals surface area (Å²) in [5.41, 5.74) is 22.1. The van der Waals surface area contributed by atoms with Crippen molar-refractivity contribution in [3.63, 3.8) is 0 Å². The largest absolute Gasteiger partial charge is 0.455 e. The van der Waals surface area contributed by atoms with Crippen LogP contribution in [0.2, 0.25) is 0 Å². The van der Waals surface area contributed by atoms with E-state index in [4.69, 9.17) is 4.42 Å². The van der Waals surface area contributed by atoms with Crippen molar-refractivity contribution in [2.75, 3.05) is 10.2 Å². The van der Waals surface area contributed by atoms with Gasteiger partial charge >= 0.3 is 0 Å². The summed E-state index contributed by atoms with van der Waals surface area (Å²) in [6.07, 6.45) is 4.69. The minimum Gasteiger partial charge on any atom is -0.455 e. The fraction of sp³-hybridized carbons (Fsp3) is 0.353. The molecule has 0 saturated heterocycles. The van der Waals surface area contributed by atoms with Gasteiger partial charge in [0, 0.05) is 54.6 Å². The van der Waals surface area contributed by atoms with Gasteiger partial charge in [0.1, 0.15) is 11.2 Å². The number of nitrogens with one attached hydrogen (secondary N) is 1. The number of hydrogen-bond donors (Lipinski definition) is 1. The van der Waals surface area contributed by atoms with E-state index in [1.807, 2.05) is 11.3 Å². The van der Waals surface area contributed by atoms with Crippen LogP contribution in [0.4, 0.5) is 28.4 Å². The maximum Gasteiger partial charge on any atom is 0.212 e. The van der Waals surface area contributed by atoms with E-state index in [1.165, 1.54) is 83.6 Å². The summed E-state index contributed by atoms with van der Waals surface area (Å²) in [6.45, 7) is 33.5. The van der Waals surface area contributed by atoms with E-state index in [1.54, 1.807) is 0 Å². The lowest BCUT2D eigenvalue weighted by Crippen LogP contribution is -2.39. The highest BCUT2D eigenvalue weighted by atomic mass is 32.1. The average molecular weight is 976 g/mol. The molecule has 2 aliphatic carbocycles. The minimum absolute atomic E-state index is 0.0478. The maximum absolute atomic E-state index is 7.24. The Morgan fingerprint density at radius 3 is 1.79 bits per heavy atom. The standard InChI is InChI=1S/C68H72BN2OS/c1-63(2,3)41-24-28-53(70-43-26-27-49-50(36-43)66(9,10)31-30-65(49,7)8)47(35-41)58-59-55(38-46-44-22-18-19-23-56(44)72-61(46)58)71(54-29-25-42(64(4,5)6)34-45(54)40-20-16-15-17-21-40)60-48-37-51-52(39-57(48)73-62(60)69-59)68(13,14)33-32-67(51,11)12/h15-29,34-39,70H,30-33H2,1-14H3. The first-order valence-electron chi connectivity index (χ1n) is 26.9. The second kappa shape index (κ2) is 16.2. The highest BCUT2D eigenvalue weighted by molar-refractivity contribution is 7.29. The number of rotatable bonds is 5.